The summed E-state index contributed by atoms with van der Waals surface area (Å²) in [5, 5.41) is 11.2. The number of carbonyl (C=O) groups excluding carboxylic acids is 1. The Morgan fingerprint density at radius 1 is 1.09 bits per heavy atom. The van der Waals surface area contributed by atoms with Gasteiger partial charge < -0.3 is 13.9 Å². The Balaban J connectivity index is 1.71. The third kappa shape index (κ3) is 11.0. The fourth-order valence-corrected chi connectivity index (χ4v) is 7.54. The van der Waals surface area contributed by atoms with E-state index in [1.165, 1.54) is 4.68 Å². The quantitative estimate of drug-likeness (QED) is 0.0900. The minimum absolute atomic E-state index is 0.0120. The Labute approximate surface area is 277 Å². The molecule has 12 heteroatoms. The number of hydrogen-bond donors (Lipinski definition) is 0. The number of carbonyl (C=O) groups is 1. The van der Waals surface area contributed by atoms with Crippen molar-refractivity contribution in [2.24, 2.45) is 5.92 Å². The second kappa shape index (κ2) is 15.5. The molecule has 1 aromatic carbocycles. The van der Waals surface area contributed by atoms with E-state index in [0.717, 1.165) is 24.8 Å². The Kier molecular flexibility index (Phi) is 12.7. The lowest BCUT2D eigenvalue weighted by atomic mass is 9.95. The van der Waals surface area contributed by atoms with Crippen molar-refractivity contribution in [3.63, 3.8) is 0 Å². The van der Waals surface area contributed by atoms with Crippen LogP contribution in [0.2, 0.25) is 18.1 Å². The van der Waals surface area contributed by atoms with Crippen molar-refractivity contribution in [1.29, 1.82) is 0 Å². The summed E-state index contributed by atoms with van der Waals surface area (Å²) in [5.74, 6) is -0.0752. The van der Waals surface area contributed by atoms with Crippen LogP contribution in [0.4, 0.5) is 0 Å². The standard InChI is InChI=1S/C34H54N4O6SSi/c1-25(16-14-15-19-30(39)43-33(3,4)5)24-26(2)31-29(44-46(9,10)34(6,7)8)21-20-28(42-31)22-23-45(40,41)32-35-36-37-38(32)27-17-12-11-13-18-27/h11-13,17-18,20-21,24-25,28-29,31H,14-16,19,22-23H2,1-10H3/b26-24+/t25-,28-,29+,31+/m1/s1. The van der Waals surface area contributed by atoms with Crippen LogP contribution in [0.15, 0.2) is 59.3 Å². The Bertz CT molecular complexity index is 1460. The molecule has 0 unspecified atom stereocenters. The number of unbranched alkanes of at least 4 members (excludes halogenated alkanes) is 1. The molecule has 0 saturated carbocycles. The Hall–Kier alpha value is -2.67. The van der Waals surface area contributed by atoms with Crippen LogP contribution in [0.5, 0.6) is 0 Å². The maximum absolute atomic E-state index is 13.4. The van der Waals surface area contributed by atoms with Crippen LogP contribution in [-0.2, 0) is 28.5 Å². The fourth-order valence-electron chi connectivity index (χ4n) is 5.02. The van der Waals surface area contributed by atoms with Crippen LogP contribution in [0.1, 0.15) is 87.5 Å². The van der Waals surface area contributed by atoms with Gasteiger partial charge >= 0.3 is 5.97 Å². The first kappa shape index (κ1) is 37.8. The molecular formula is C34H54N4O6SSi. The number of para-hydroxylation sites is 1. The number of nitrogens with zero attached hydrogens (tertiary/aromatic N) is 4. The maximum atomic E-state index is 13.4. The highest BCUT2D eigenvalue weighted by molar-refractivity contribution is 7.91. The van der Waals surface area contributed by atoms with E-state index in [1.54, 1.807) is 24.3 Å². The lowest BCUT2D eigenvalue weighted by Gasteiger charge is -2.42. The molecule has 0 spiro atoms. The molecule has 256 valence electrons. The monoisotopic (exact) mass is 674 g/mol. The van der Waals surface area contributed by atoms with E-state index < -0.39 is 29.9 Å². The highest BCUT2D eigenvalue weighted by Gasteiger charge is 2.42. The number of ether oxygens (including phenoxy) is 2. The van der Waals surface area contributed by atoms with Crippen molar-refractivity contribution >= 4 is 24.1 Å². The number of rotatable bonds is 14. The van der Waals surface area contributed by atoms with Crippen molar-refractivity contribution in [1.82, 2.24) is 20.2 Å². The Morgan fingerprint density at radius 2 is 1.76 bits per heavy atom. The molecule has 0 aliphatic carbocycles. The van der Waals surface area contributed by atoms with Gasteiger partial charge in [-0.2, -0.15) is 4.68 Å². The number of aromatic nitrogens is 4. The van der Waals surface area contributed by atoms with E-state index in [-0.39, 0.29) is 46.5 Å². The lowest BCUT2D eigenvalue weighted by molar-refractivity contribution is -0.154. The van der Waals surface area contributed by atoms with Crippen molar-refractivity contribution in [3.8, 4) is 5.69 Å². The van der Waals surface area contributed by atoms with Gasteiger partial charge in [-0.3, -0.25) is 4.79 Å². The molecular weight excluding hydrogens is 621 g/mol. The summed E-state index contributed by atoms with van der Waals surface area (Å²) in [6.07, 6.45) is 8.40. The molecule has 0 saturated heterocycles. The van der Waals surface area contributed by atoms with Gasteiger partial charge in [0, 0.05) is 6.42 Å². The normalized spacial score (nSPS) is 20.5. The zero-order chi connectivity index (χ0) is 34.3. The molecule has 0 N–H and O–H groups in total. The van der Waals surface area contributed by atoms with E-state index in [2.05, 4.69) is 69.3 Å². The smallest absolute Gasteiger partial charge is 0.306 e. The van der Waals surface area contributed by atoms with Crippen molar-refractivity contribution < 1.29 is 27.1 Å². The zero-order valence-corrected chi connectivity index (χ0v) is 31.1. The summed E-state index contributed by atoms with van der Waals surface area (Å²) in [7, 11) is -5.94. The van der Waals surface area contributed by atoms with Crippen LogP contribution < -0.4 is 0 Å². The number of sulfone groups is 1. The molecule has 1 aliphatic rings. The summed E-state index contributed by atoms with van der Waals surface area (Å²) in [6, 6.07) is 8.96. The second-order valence-electron chi connectivity index (χ2n) is 14.9. The molecule has 1 aliphatic heterocycles. The van der Waals surface area contributed by atoms with E-state index in [1.807, 2.05) is 39.0 Å². The molecule has 0 bridgehead atoms. The van der Waals surface area contributed by atoms with Crippen LogP contribution >= 0.6 is 0 Å². The van der Waals surface area contributed by atoms with Gasteiger partial charge in [-0.15, -0.1) is 0 Å². The summed E-state index contributed by atoms with van der Waals surface area (Å²) in [4.78, 5) is 12.1. The van der Waals surface area contributed by atoms with Crippen LogP contribution in [0.25, 0.3) is 5.69 Å². The Morgan fingerprint density at radius 3 is 2.39 bits per heavy atom. The molecule has 2 aromatic rings. The predicted molar refractivity (Wildman–Crippen MR) is 183 cm³/mol. The van der Waals surface area contributed by atoms with Crippen LogP contribution in [0.3, 0.4) is 0 Å². The molecule has 46 heavy (non-hydrogen) atoms. The largest absolute Gasteiger partial charge is 0.460 e. The summed E-state index contributed by atoms with van der Waals surface area (Å²) in [5.41, 5.74) is 1.15. The predicted octanol–water partition coefficient (Wildman–Crippen LogP) is 7.02. The van der Waals surface area contributed by atoms with E-state index in [0.29, 0.717) is 12.1 Å². The maximum Gasteiger partial charge on any atom is 0.306 e. The van der Waals surface area contributed by atoms with Crippen molar-refractivity contribution in [3.05, 3.63) is 54.1 Å². The summed E-state index contributed by atoms with van der Waals surface area (Å²) < 4.78 is 46.9. The van der Waals surface area contributed by atoms with E-state index >= 15 is 0 Å². The molecule has 0 amide bonds. The van der Waals surface area contributed by atoms with Gasteiger partial charge in [-0.05, 0) is 99.1 Å². The SMILES string of the molecule is C/C(=C\[C@H](C)CCCCC(=O)OC(C)(C)C)[C@@H]1O[C@@H](CCS(=O)(=O)c2nnnn2-c2ccccc2)C=C[C@@H]1O[Si](C)(C)C(C)(C)C. The number of benzene rings is 1. The lowest BCUT2D eigenvalue weighted by Crippen LogP contribution is -2.49. The number of allylic oxidation sites excluding steroid dienone is 1. The van der Waals surface area contributed by atoms with Gasteiger partial charge in [-0.1, -0.05) is 75.6 Å². The highest BCUT2D eigenvalue weighted by Crippen LogP contribution is 2.39. The van der Waals surface area contributed by atoms with Crippen LogP contribution in [-0.4, -0.2) is 72.6 Å². The second-order valence-corrected chi connectivity index (χ2v) is 21.6. The van der Waals surface area contributed by atoms with Gasteiger partial charge in [0.05, 0.1) is 23.6 Å². The van der Waals surface area contributed by atoms with E-state index in [9.17, 15) is 13.2 Å². The van der Waals surface area contributed by atoms with Gasteiger partial charge in [-0.25, -0.2) is 8.42 Å². The average Bonchev–Trinajstić information content (AvgIpc) is 3.45. The third-order valence-electron chi connectivity index (χ3n) is 8.47. The van der Waals surface area contributed by atoms with E-state index in [4.69, 9.17) is 13.9 Å². The third-order valence-corrected chi connectivity index (χ3v) is 14.5. The molecule has 4 atom stereocenters. The van der Waals surface area contributed by atoms with Gasteiger partial charge in [0.2, 0.25) is 9.84 Å². The van der Waals surface area contributed by atoms with Gasteiger partial charge in [0.25, 0.3) is 5.16 Å². The highest BCUT2D eigenvalue weighted by atomic mass is 32.2. The van der Waals surface area contributed by atoms with Crippen molar-refractivity contribution in [2.45, 2.75) is 135 Å². The van der Waals surface area contributed by atoms with Gasteiger partial charge in [0.1, 0.15) is 11.7 Å². The first-order chi connectivity index (χ1) is 21.3. The summed E-state index contributed by atoms with van der Waals surface area (Å²) in [6.45, 7) is 20.9. The fraction of sp³-hybridized carbons (Fsp3) is 0.647. The first-order valence-electron chi connectivity index (χ1n) is 16.3. The summed E-state index contributed by atoms with van der Waals surface area (Å²) >= 11 is 0. The molecule has 2 heterocycles. The zero-order valence-electron chi connectivity index (χ0n) is 29.3. The average molecular weight is 675 g/mol. The molecule has 1 aromatic heterocycles. The topological polar surface area (TPSA) is 123 Å². The molecule has 0 radical (unpaired) electrons. The number of tetrazole rings is 1. The first-order valence-corrected chi connectivity index (χ1v) is 20.8. The number of esters is 1. The van der Waals surface area contributed by atoms with Crippen molar-refractivity contribution in [2.75, 3.05) is 5.75 Å². The molecule has 10 nitrogen and oxygen atoms in total. The van der Waals surface area contributed by atoms with Crippen LogP contribution in [0, 0.1) is 5.92 Å². The molecule has 3 rings (SSSR count). The van der Waals surface area contributed by atoms with Gasteiger partial charge in [0.15, 0.2) is 8.32 Å². The molecule has 0 fully saturated rings. The minimum atomic E-state index is -3.80. The number of hydrogen-bond acceptors (Lipinski definition) is 9. The minimum Gasteiger partial charge on any atom is -0.460 e.